The minimum Gasteiger partial charge on any atom is -0.482 e. The molecule has 1 aromatic heterocycles. The van der Waals surface area contributed by atoms with Crippen molar-refractivity contribution >= 4 is 40.0 Å². The third-order valence-electron chi connectivity index (χ3n) is 5.95. The molecule has 0 radical (unpaired) electrons. The van der Waals surface area contributed by atoms with Gasteiger partial charge in [0.05, 0.1) is 22.3 Å². The average Bonchev–Trinajstić information content (AvgIpc) is 3.32. The van der Waals surface area contributed by atoms with Crippen LogP contribution in [0.1, 0.15) is 29.0 Å². The molecule has 11 nitrogen and oxygen atoms in total. The zero-order valence-electron chi connectivity index (χ0n) is 18.1. The maximum Gasteiger partial charge on any atom is 0.287 e. The van der Waals surface area contributed by atoms with Crippen molar-refractivity contribution in [2.45, 2.75) is 25.4 Å². The quantitative estimate of drug-likeness (QED) is 0.433. The normalized spacial score (nSPS) is 17.1. The number of aromatic nitrogens is 2. The molecule has 2 aliphatic rings. The first-order chi connectivity index (χ1) is 16.4. The Balaban J connectivity index is 1.38. The summed E-state index contributed by atoms with van der Waals surface area (Å²) in [6.07, 6.45) is 1.41. The smallest absolute Gasteiger partial charge is 0.287 e. The second kappa shape index (κ2) is 8.50. The summed E-state index contributed by atoms with van der Waals surface area (Å²) in [6.45, 7) is 0.714. The first-order valence-corrected chi connectivity index (χ1v) is 10.8. The molecule has 3 amide bonds. The summed E-state index contributed by atoms with van der Waals surface area (Å²) in [5, 5.41) is 5.74. The third-order valence-corrected chi connectivity index (χ3v) is 5.95. The molecule has 0 saturated carbocycles. The van der Waals surface area contributed by atoms with Crippen LogP contribution in [0.15, 0.2) is 41.2 Å². The highest BCUT2D eigenvalue weighted by Crippen LogP contribution is 2.30. The number of nitrogens with two attached hydrogens (primary N) is 1. The van der Waals surface area contributed by atoms with E-state index in [4.69, 9.17) is 10.5 Å². The van der Waals surface area contributed by atoms with E-state index in [2.05, 4.69) is 20.6 Å². The van der Waals surface area contributed by atoms with E-state index in [0.29, 0.717) is 41.0 Å². The Morgan fingerprint density at radius 1 is 1.24 bits per heavy atom. The summed E-state index contributed by atoms with van der Waals surface area (Å²) in [5.74, 6) is -0.816. The molecule has 3 heterocycles. The lowest BCUT2D eigenvalue weighted by atomic mass is 10.1. The fourth-order valence-corrected chi connectivity index (χ4v) is 4.38. The van der Waals surface area contributed by atoms with Crippen molar-refractivity contribution in [1.82, 2.24) is 15.3 Å². The molecule has 0 aliphatic carbocycles. The van der Waals surface area contributed by atoms with Gasteiger partial charge in [0.15, 0.2) is 12.4 Å². The van der Waals surface area contributed by atoms with Crippen molar-refractivity contribution in [1.29, 1.82) is 0 Å². The summed E-state index contributed by atoms with van der Waals surface area (Å²) in [7, 11) is 0. The van der Waals surface area contributed by atoms with Gasteiger partial charge < -0.3 is 31.0 Å². The molecule has 5 rings (SSSR count). The van der Waals surface area contributed by atoms with E-state index in [-0.39, 0.29) is 24.9 Å². The molecule has 0 unspecified atom stereocenters. The van der Waals surface area contributed by atoms with Crippen molar-refractivity contribution in [3.8, 4) is 5.75 Å². The van der Waals surface area contributed by atoms with E-state index in [9.17, 15) is 19.2 Å². The molecule has 1 fully saturated rings. The molecule has 5 N–H and O–H groups in total. The molecule has 2 aromatic carbocycles. The highest BCUT2D eigenvalue weighted by atomic mass is 16.5. The van der Waals surface area contributed by atoms with Crippen LogP contribution in [0.4, 0.5) is 11.4 Å². The summed E-state index contributed by atoms with van der Waals surface area (Å²) in [5.41, 5.74) is 7.23. The van der Waals surface area contributed by atoms with Crippen molar-refractivity contribution in [2.24, 2.45) is 5.73 Å². The van der Waals surface area contributed by atoms with Gasteiger partial charge in [-0.25, -0.2) is 4.98 Å². The number of H-pyrrole nitrogens is 1. The Morgan fingerprint density at radius 2 is 2.09 bits per heavy atom. The predicted octanol–water partition coefficient (Wildman–Crippen LogP) is 0.638. The standard InChI is InChI=1S/C23H22N6O5/c24-20(31)16-5-2-8-29(16)15-4-1-3-13-19(15)22(32)28-21(27-13)23(33)25-10-12-6-7-17-14(9-12)26-18(30)11-34-17/h1,3-4,6-7,9,16H,2,5,8,10-11H2,(H2,24,31)(H,25,33)(H,26,30)(H,27,28,32)/t16-/m1/s1. The number of carbonyl (C=O) groups is 3. The van der Waals surface area contributed by atoms with Gasteiger partial charge in [-0.05, 0) is 42.7 Å². The Bertz CT molecular complexity index is 1380. The molecular weight excluding hydrogens is 440 g/mol. The summed E-state index contributed by atoms with van der Waals surface area (Å²) in [6, 6.07) is 9.83. The number of primary amides is 1. The maximum atomic E-state index is 13.0. The van der Waals surface area contributed by atoms with Crippen molar-refractivity contribution in [3.63, 3.8) is 0 Å². The molecule has 1 saturated heterocycles. The Morgan fingerprint density at radius 3 is 2.91 bits per heavy atom. The molecule has 2 aliphatic heterocycles. The van der Waals surface area contributed by atoms with E-state index in [1.807, 2.05) is 4.90 Å². The van der Waals surface area contributed by atoms with Crippen LogP contribution in [0.5, 0.6) is 5.75 Å². The highest BCUT2D eigenvalue weighted by molar-refractivity contribution is 5.98. The molecule has 1 atom stereocenters. The number of hydrogen-bond donors (Lipinski definition) is 4. The van der Waals surface area contributed by atoms with Gasteiger partial charge in [0, 0.05) is 13.1 Å². The monoisotopic (exact) mass is 462 g/mol. The highest BCUT2D eigenvalue weighted by Gasteiger charge is 2.31. The Hall–Kier alpha value is -4.41. The lowest BCUT2D eigenvalue weighted by molar-refractivity contribution is -0.119. The number of carbonyl (C=O) groups excluding carboxylic acids is 3. The van der Waals surface area contributed by atoms with E-state index >= 15 is 0 Å². The first kappa shape index (κ1) is 21.4. The summed E-state index contributed by atoms with van der Waals surface area (Å²) < 4.78 is 5.33. The van der Waals surface area contributed by atoms with Crippen molar-refractivity contribution in [2.75, 3.05) is 23.4 Å². The summed E-state index contributed by atoms with van der Waals surface area (Å²) in [4.78, 5) is 57.7. The van der Waals surface area contributed by atoms with Crippen LogP contribution < -0.4 is 31.6 Å². The fraction of sp³-hybridized carbons (Fsp3) is 0.261. The van der Waals surface area contributed by atoms with Gasteiger partial charge in [0.25, 0.3) is 17.4 Å². The number of anilines is 2. The van der Waals surface area contributed by atoms with E-state index in [1.165, 1.54) is 0 Å². The number of rotatable bonds is 5. The van der Waals surface area contributed by atoms with Gasteiger partial charge in [-0.15, -0.1) is 0 Å². The van der Waals surface area contributed by atoms with E-state index in [0.717, 1.165) is 12.0 Å². The molecule has 11 heteroatoms. The molecule has 0 spiro atoms. The van der Waals surface area contributed by atoms with E-state index < -0.39 is 23.4 Å². The van der Waals surface area contributed by atoms with Gasteiger partial charge in [-0.1, -0.05) is 12.1 Å². The molecule has 3 aromatic rings. The van der Waals surface area contributed by atoms with Gasteiger partial charge >= 0.3 is 0 Å². The van der Waals surface area contributed by atoms with Crippen LogP contribution in [0.3, 0.4) is 0 Å². The third kappa shape index (κ3) is 3.91. The number of fused-ring (bicyclic) bond motifs is 2. The van der Waals surface area contributed by atoms with Crippen LogP contribution in [-0.4, -0.2) is 46.9 Å². The van der Waals surface area contributed by atoms with Gasteiger partial charge in [0.1, 0.15) is 11.8 Å². The van der Waals surface area contributed by atoms with Crippen molar-refractivity contribution in [3.05, 3.63) is 58.1 Å². The Kier molecular flexibility index (Phi) is 5.36. The fourth-order valence-electron chi connectivity index (χ4n) is 4.38. The molecule has 34 heavy (non-hydrogen) atoms. The van der Waals surface area contributed by atoms with Gasteiger partial charge in [0.2, 0.25) is 5.91 Å². The minimum atomic E-state index is -0.557. The number of nitrogens with one attached hydrogen (secondary N) is 3. The zero-order chi connectivity index (χ0) is 23.8. The number of ether oxygens (including phenoxy) is 1. The number of benzene rings is 2. The van der Waals surface area contributed by atoms with Crippen LogP contribution in [-0.2, 0) is 16.1 Å². The topological polar surface area (TPSA) is 160 Å². The lowest BCUT2D eigenvalue weighted by Crippen LogP contribution is -2.40. The number of hydrogen-bond acceptors (Lipinski definition) is 7. The van der Waals surface area contributed by atoms with Gasteiger partial charge in [-0.2, -0.15) is 0 Å². The number of amides is 3. The number of aromatic amines is 1. The first-order valence-electron chi connectivity index (χ1n) is 10.8. The predicted molar refractivity (Wildman–Crippen MR) is 124 cm³/mol. The molecular formula is C23H22N6O5. The minimum absolute atomic E-state index is 0.0350. The molecule has 0 bridgehead atoms. The second-order valence-electron chi connectivity index (χ2n) is 8.19. The largest absolute Gasteiger partial charge is 0.482 e. The summed E-state index contributed by atoms with van der Waals surface area (Å²) >= 11 is 0. The van der Waals surface area contributed by atoms with Crippen LogP contribution >= 0.6 is 0 Å². The van der Waals surface area contributed by atoms with Crippen LogP contribution in [0, 0.1) is 0 Å². The number of nitrogens with zero attached hydrogens (tertiary/aromatic N) is 2. The zero-order valence-corrected chi connectivity index (χ0v) is 18.1. The van der Waals surface area contributed by atoms with Crippen LogP contribution in [0.2, 0.25) is 0 Å². The second-order valence-corrected chi connectivity index (χ2v) is 8.19. The maximum absolute atomic E-state index is 13.0. The Labute approximate surface area is 193 Å². The average molecular weight is 462 g/mol. The lowest BCUT2D eigenvalue weighted by Gasteiger charge is -2.25. The molecule has 174 valence electrons. The van der Waals surface area contributed by atoms with Gasteiger partial charge in [-0.3, -0.25) is 19.2 Å². The van der Waals surface area contributed by atoms with Crippen molar-refractivity contribution < 1.29 is 19.1 Å². The SMILES string of the molecule is NC(=O)[C@H]1CCCN1c1cccc2nc(C(=O)NCc3ccc4c(c3)NC(=O)CO4)[nH]c(=O)c12. The van der Waals surface area contributed by atoms with Crippen LogP contribution in [0.25, 0.3) is 10.9 Å². The van der Waals surface area contributed by atoms with E-state index in [1.54, 1.807) is 36.4 Å².